The summed E-state index contributed by atoms with van der Waals surface area (Å²) in [5.41, 5.74) is 12.5. The normalized spacial score (nSPS) is 19.7. The molecule has 2 aliphatic heterocycles. The van der Waals surface area contributed by atoms with Gasteiger partial charge in [0.15, 0.2) is 0 Å². The quantitative estimate of drug-likeness (QED) is 0.0611. The van der Waals surface area contributed by atoms with Gasteiger partial charge in [-0.05, 0) is 114 Å². The van der Waals surface area contributed by atoms with Gasteiger partial charge in [-0.3, -0.25) is 38.4 Å². The number of carbonyl (C=O) groups is 8. The second-order valence-corrected chi connectivity index (χ2v) is 24.5. The number of nitrogens with one attached hydrogen (secondary N) is 8. The molecule has 5 aromatic rings. The fourth-order valence-corrected chi connectivity index (χ4v) is 11.8. The van der Waals surface area contributed by atoms with Gasteiger partial charge in [-0.1, -0.05) is 139 Å². The summed E-state index contributed by atoms with van der Waals surface area (Å²) >= 11 is 0. The predicted molar refractivity (Wildman–Crippen MR) is 317 cm³/mol. The second kappa shape index (κ2) is 23.8. The van der Waals surface area contributed by atoms with Crippen LogP contribution in [0.1, 0.15) is 123 Å². The van der Waals surface area contributed by atoms with E-state index < -0.39 is 119 Å². The summed E-state index contributed by atoms with van der Waals surface area (Å²) < 4.78 is 0. The molecule has 4 aliphatic rings. The fourth-order valence-electron chi connectivity index (χ4n) is 11.8. The summed E-state index contributed by atoms with van der Waals surface area (Å²) in [7, 11) is 3.28. The number of nitrogens with two attached hydrogens (primary N) is 1. The monoisotopic (exact) mass is 1130 g/mol. The van der Waals surface area contributed by atoms with Crippen LogP contribution >= 0.6 is 0 Å². The minimum absolute atomic E-state index is 0.0202. The zero-order valence-electron chi connectivity index (χ0n) is 48.8. The van der Waals surface area contributed by atoms with Gasteiger partial charge in [0.05, 0.1) is 24.2 Å². The van der Waals surface area contributed by atoms with E-state index in [0.29, 0.717) is 0 Å². The van der Waals surface area contributed by atoms with Crippen LogP contribution in [0.15, 0.2) is 115 Å². The molecule has 19 heteroatoms. The highest BCUT2D eigenvalue weighted by molar-refractivity contribution is 6.02. The van der Waals surface area contributed by atoms with Crippen molar-refractivity contribution in [1.82, 2.24) is 52.3 Å². The maximum absolute atomic E-state index is 14.9. The van der Waals surface area contributed by atoms with Crippen LogP contribution in [0.2, 0.25) is 0 Å². The van der Waals surface area contributed by atoms with Crippen molar-refractivity contribution >= 4 is 52.9 Å². The largest absolute Gasteiger partial charge is 0.399 e. The number of benzene rings is 5. The van der Waals surface area contributed by atoms with Gasteiger partial charge >= 0.3 is 0 Å². The molecule has 436 valence electrons. The summed E-state index contributed by atoms with van der Waals surface area (Å²) in [6.45, 7) is 14.2. The Balaban J connectivity index is 0.953. The molecule has 0 unspecified atom stereocenters. The van der Waals surface area contributed by atoms with Gasteiger partial charge in [0, 0.05) is 42.0 Å². The molecule has 2 fully saturated rings. The van der Waals surface area contributed by atoms with Crippen molar-refractivity contribution in [3.63, 3.8) is 0 Å². The van der Waals surface area contributed by atoms with Gasteiger partial charge in [-0.2, -0.15) is 0 Å². The molecule has 0 bridgehead atoms. The van der Waals surface area contributed by atoms with E-state index in [1.165, 1.54) is 28.0 Å². The number of likely N-dealkylation sites (tertiary alicyclic amines) is 2. The number of amides is 8. The molecule has 0 saturated carbocycles. The van der Waals surface area contributed by atoms with Crippen LogP contribution in [0.3, 0.4) is 0 Å². The molecule has 0 aromatic heterocycles. The summed E-state index contributed by atoms with van der Waals surface area (Å²) in [6, 6.07) is 27.4. The average molecular weight is 1130 g/mol. The molecule has 19 nitrogen and oxygen atoms in total. The average Bonchev–Trinajstić information content (AvgIpc) is 3.21. The molecule has 0 radical (unpaired) electrons. The van der Waals surface area contributed by atoms with Crippen molar-refractivity contribution < 1.29 is 38.4 Å². The molecule has 5 aromatic carbocycles. The highest BCUT2D eigenvalue weighted by Crippen LogP contribution is 2.45. The topological polar surface area (TPSA) is 265 Å². The number of hydrogen-bond donors (Lipinski definition) is 9. The van der Waals surface area contributed by atoms with Crippen LogP contribution in [0, 0.1) is 10.8 Å². The summed E-state index contributed by atoms with van der Waals surface area (Å²) in [5, 5.41) is 24.1. The van der Waals surface area contributed by atoms with Crippen LogP contribution in [-0.2, 0) is 28.8 Å². The molecule has 0 spiro atoms. The van der Waals surface area contributed by atoms with E-state index in [0.717, 1.165) is 44.5 Å². The molecule has 8 amide bonds. The van der Waals surface area contributed by atoms with Crippen LogP contribution in [0.5, 0.6) is 0 Å². The Labute approximate surface area is 485 Å². The highest BCUT2D eigenvalue weighted by atomic mass is 16.2. The molecule has 9 rings (SSSR count). The Hall–Kier alpha value is -8.42. The van der Waals surface area contributed by atoms with Gasteiger partial charge in [0.2, 0.25) is 35.4 Å². The maximum atomic E-state index is 14.9. The molecule has 10 N–H and O–H groups in total. The lowest BCUT2D eigenvalue weighted by Gasteiger charge is -2.36. The first kappa shape index (κ1) is 59.2. The lowest BCUT2D eigenvalue weighted by Crippen LogP contribution is -2.59. The maximum Gasteiger partial charge on any atom is 0.251 e. The van der Waals surface area contributed by atoms with Crippen molar-refractivity contribution in [2.45, 2.75) is 129 Å². The predicted octanol–water partition coefficient (Wildman–Crippen LogP) is 4.72. The SMILES string of the molecule is CN[C@@H](C)C(=O)N[C@H](C(=O)N1C[C@@H](NC(=O)c2cc(N)cc(C(=O)N[C@H]3C[C@@H](C(=O)NC4c5ccccc5-c5ccccc54)N(C(=O)[C@@H](NC(=O)[C@H](C)NC)C(C)(C)C)C3)c2)C[C@H]1C(=O)NC1c2ccccc2-c2ccccc21)C(C)(C)C. The van der Waals surface area contributed by atoms with E-state index in [4.69, 9.17) is 5.73 Å². The van der Waals surface area contributed by atoms with E-state index in [-0.39, 0.29) is 42.7 Å². The number of hydrogen-bond acceptors (Lipinski definition) is 11. The van der Waals surface area contributed by atoms with Crippen molar-refractivity contribution in [3.05, 3.63) is 149 Å². The first-order chi connectivity index (χ1) is 39.4. The van der Waals surface area contributed by atoms with Crippen LogP contribution in [0.4, 0.5) is 5.69 Å². The second-order valence-electron chi connectivity index (χ2n) is 24.5. The number of nitrogen functional groups attached to an aromatic ring is 1. The lowest BCUT2D eigenvalue weighted by atomic mass is 9.85. The Morgan fingerprint density at radius 3 is 1.10 bits per heavy atom. The van der Waals surface area contributed by atoms with E-state index in [1.54, 1.807) is 27.9 Å². The van der Waals surface area contributed by atoms with Gasteiger partial charge in [0.25, 0.3) is 11.8 Å². The van der Waals surface area contributed by atoms with E-state index in [1.807, 2.05) is 139 Å². The zero-order valence-corrected chi connectivity index (χ0v) is 48.8. The van der Waals surface area contributed by atoms with Crippen LogP contribution < -0.4 is 48.3 Å². The summed E-state index contributed by atoms with van der Waals surface area (Å²) in [5.74, 6) is -3.93. The third kappa shape index (κ3) is 12.2. The minimum Gasteiger partial charge on any atom is -0.399 e. The van der Waals surface area contributed by atoms with Crippen molar-refractivity contribution in [2.75, 3.05) is 32.9 Å². The standard InChI is InChI=1S/C64H77N11O8/c1-34(66-9)55(76)72-53(63(3,4)5)61(82)74-32-39(30-49(74)59(80)70-51-45-23-15-11-19-41(45)42-20-12-16-24-46(42)51)68-57(78)36-27-37(29-38(65)28-36)58(79)69-40-31-50(75(33-40)62(83)54(64(6,7)8)73-56(77)35(2)67-10)60(81)71-52-47-25-17-13-21-43(47)44-22-14-18-26-48(44)52/h11-29,34-35,39-40,49-54,66-67H,30-33,65H2,1-10H3,(H,68,78)(H,69,79)(H,70,80)(H,71,81)(H,72,76)(H,73,77)/t34-,35-,39-,40-,49-,50-,53+,54+/m0/s1. The Kier molecular flexibility index (Phi) is 17.0. The Morgan fingerprint density at radius 2 is 0.795 bits per heavy atom. The number of likely N-dealkylation sites (N-methyl/N-ethyl adjacent to an activating group) is 2. The van der Waals surface area contributed by atoms with Gasteiger partial charge < -0.3 is 58.1 Å². The number of nitrogens with zero attached hydrogens (tertiary/aromatic N) is 2. The summed E-state index contributed by atoms with van der Waals surface area (Å²) in [6.07, 6.45) is 0.0405. The van der Waals surface area contributed by atoms with Crippen LogP contribution in [-0.4, -0.2) is 133 Å². The third-order valence-corrected chi connectivity index (χ3v) is 16.6. The first-order valence-corrected chi connectivity index (χ1v) is 28.4. The molecule has 2 saturated heterocycles. The number of anilines is 1. The lowest BCUT2D eigenvalue weighted by molar-refractivity contribution is -0.144. The number of fused-ring (bicyclic) bond motifs is 6. The molecular weight excluding hydrogens is 1050 g/mol. The first-order valence-electron chi connectivity index (χ1n) is 28.4. The third-order valence-electron chi connectivity index (χ3n) is 16.6. The molecule has 2 aliphatic carbocycles. The summed E-state index contributed by atoms with van der Waals surface area (Å²) in [4.78, 5) is 118. The van der Waals surface area contributed by atoms with Crippen LogP contribution in [0.25, 0.3) is 22.3 Å². The van der Waals surface area contributed by atoms with E-state index in [9.17, 15) is 38.4 Å². The smallest absolute Gasteiger partial charge is 0.251 e. The fraction of sp³-hybridized carbons (Fsp3) is 0.406. The van der Waals surface area contributed by atoms with Gasteiger partial charge in [-0.15, -0.1) is 0 Å². The van der Waals surface area contributed by atoms with Gasteiger partial charge in [-0.25, -0.2) is 0 Å². The van der Waals surface area contributed by atoms with Gasteiger partial charge in [0.1, 0.15) is 24.2 Å². The zero-order chi connectivity index (χ0) is 59.8. The molecule has 2 heterocycles. The van der Waals surface area contributed by atoms with E-state index >= 15 is 0 Å². The Morgan fingerprint density at radius 1 is 0.482 bits per heavy atom. The molecule has 83 heavy (non-hydrogen) atoms. The molecule has 8 atom stereocenters. The minimum atomic E-state index is -1.07. The van der Waals surface area contributed by atoms with Crippen molar-refractivity contribution in [2.24, 2.45) is 10.8 Å². The van der Waals surface area contributed by atoms with E-state index in [2.05, 4.69) is 42.5 Å². The van der Waals surface area contributed by atoms with Crippen molar-refractivity contribution in [3.8, 4) is 22.3 Å². The Bertz CT molecular complexity index is 3060. The number of rotatable bonds is 16. The van der Waals surface area contributed by atoms with Crippen molar-refractivity contribution in [1.29, 1.82) is 0 Å². The molecular formula is C64H77N11O8. The number of carbonyl (C=O) groups excluding carboxylic acids is 8. The highest BCUT2D eigenvalue weighted by Gasteiger charge is 2.49.